The third-order valence-electron chi connectivity index (χ3n) is 2.70. The van der Waals surface area contributed by atoms with Crippen LogP contribution in [0.2, 0.25) is 0 Å². The molecule has 1 unspecified atom stereocenters. The molecule has 0 amide bonds. The molecule has 0 aliphatic carbocycles. The van der Waals surface area contributed by atoms with Gasteiger partial charge in [0.1, 0.15) is 5.82 Å². The van der Waals surface area contributed by atoms with Crippen molar-refractivity contribution in [1.82, 2.24) is 5.43 Å². The molecular formula is C13H10Br3FN2. The van der Waals surface area contributed by atoms with E-state index in [2.05, 4.69) is 53.2 Å². The molecule has 0 heterocycles. The minimum absolute atomic E-state index is 0.307. The van der Waals surface area contributed by atoms with Crippen LogP contribution >= 0.6 is 47.8 Å². The van der Waals surface area contributed by atoms with Crippen LogP contribution in [0.25, 0.3) is 0 Å². The predicted octanol–water partition coefficient (Wildman–Crippen LogP) is 4.67. The molecule has 19 heavy (non-hydrogen) atoms. The topological polar surface area (TPSA) is 38.0 Å². The van der Waals surface area contributed by atoms with Crippen LogP contribution in [0.4, 0.5) is 4.39 Å². The molecule has 2 rings (SSSR count). The van der Waals surface area contributed by atoms with Crippen LogP contribution in [0.1, 0.15) is 17.2 Å². The predicted molar refractivity (Wildman–Crippen MR) is 85.1 cm³/mol. The molecule has 0 saturated carbocycles. The molecule has 0 aliphatic rings. The van der Waals surface area contributed by atoms with E-state index in [1.807, 2.05) is 18.2 Å². The summed E-state index contributed by atoms with van der Waals surface area (Å²) in [5.41, 5.74) is 4.00. The van der Waals surface area contributed by atoms with Gasteiger partial charge in [-0.1, -0.05) is 47.8 Å². The largest absolute Gasteiger partial charge is 0.271 e. The molecule has 0 saturated heterocycles. The summed E-state index contributed by atoms with van der Waals surface area (Å²) in [6.07, 6.45) is 0. The highest BCUT2D eigenvalue weighted by atomic mass is 79.9. The Balaban J connectivity index is 2.55. The average Bonchev–Trinajstić information content (AvgIpc) is 2.38. The molecule has 2 aromatic carbocycles. The van der Waals surface area contributed by atoms with Crippen LogP contribution in [-0.4, -0.2) is 0 Å². The summed E-state index contributed by atoms with van der Waals surface area (Å²) < 4.78 is 16.5. The lowest BCUT2D eigenvalue weighted by Gasteiger charge is -2.19. The van der Waals surface area contributed by atoms with Crippen molar-refractivity contribution in [3.63, 3.8) is 0 Å². The number of benzene rings is 2. The van der Waals surface area contributed by atoms with Crippen molar-refractivity contribution in [3.05, 3.63) is 66.8 Å². The maximum Gasteiger partial charge on any atom is 0.128 e. The second-order valence-electron chi connectivity index (χ2n) is 3.93. The smallest absolute Gasteiger partial charge is 0.128 e. The van der Waals surface area contributed by atoms with Gasteiger partial charge >= 0.3 is 0 Å². The summed E-state index contributed by atoms with van der Waals surface area (Å²) in [6, 6.07) is 10.0. The van der Waals surface area contributed by atoms with Gasteiger partial charge in [0.25, 0.3) is 0 Å². The van der Waals surface area contributed by atoms with Crippen molar-refractivity contribution in [1.29, 1.82) is 0 Å². The lowest BCUT2D eigenvalue weighted by Crippen LogP contribution is -2.29. The van der Waals surface area contributed by atoms with Gasteiger partial charge in [0, 0.05) is 19.0 Å². The molecule has 0 radical (unpaired) electrons. The average molecular weight is 453 g/mol. The maximum absolute atomic E-state index is 14.0. The summed E-state index contributed by atoms with van der Waals surface area (Å²) >= 11 is 10.2. The fourth-order valence-electron chi connectivity index (χ4n) is 1.82. The van der Waals surface area contributed by atoms with Gasteiger partial charge in [0.15, 0.2) is 0 Å². The number of hydrogen-bond donors (Lipinski definition) is 2. The SMILES string of the molecule is NNC(c1cc(Br)ccc1F)c1cc(Br)ccc1Br. The molecule has 0 bridgehead atoms. The van der Waals surface area contributed by atoms with Crippen LogP contribution in [0.15, 0.2) is 49.8 Å². The minimum Gasteiger partial charge on any atom is -0.271 e. The van der Waals surface area contributed by atoms with Gasteiger partial charge in [-0.3, -0.25) is 5.84 Å². The first kappa shape index (κ1) is 15.1. The summed E-state index contributed by atoms with van der Waals surface area (Å²) in [7, 11) is 0. The lowest BCUT2D eigenvalue weighted by atomic mass is 9.99. The first-order valence-corrected chi connectivity index (χ1v) is 7.77. The van der Waals surface area contributed by atoms with Gasteiger partial charge in [0.2, 0.25) is 0 Å². The Morgan fingerprint density at radius 2 is 1.53 bits per heavy atom. The van der Waals surface area contributed by atoms with E-state index >= 15 is 0 Å². The van der Waals surface area contributed by atoms with E-state index in [9.17, 15) is 4.39 Å². The Bertz CT molecular complexity index is 553. The van der Waals surface area contributed by atoms with E-state index in [0.717, 1.165) is 19.0 Å². The Morgan fingerprint density at radius 1 is 0.947 bits per heavy atom. The fraction of sp³-hybridized carbons (Fsp3) is 0.0769. The van der Waals surface area contributed by atoms with E-state index < -0.39 is 6.04 Å². The number of rotatable bonds is 3. The second kappa shape index (κ2) is 6.45. The third-order valence-corrected chi connectivity index (χ3v) is 4.41. The Kier molecular flexibility index (Phi) is 5.14. The van der Waals surface area contributed by atoms with Gasteiger partial charge in [0.05, 0.1) is 6.04 Å². The van der Waals surface area contributed by atoms with Crippen molar-refractivity contribution in [2.24, 2.45) is 5.84 Å². The van der Waals surface area contributed by atoms with Crippen molar-refractivity contribution < 1.29 is 4.39 Å². The zero-order valence-electron chi connectivity index (χ0n) is 9.63. The first-order chi connectivity index (χ1) is 9.02. The van der Waals surface area contributed by atoms with Crippen LogP contribution in [0, 0.1) is 5.82 Å². The van der Waals surface area contributed by atoms with Crippen molar-refractivity contribution in [2.75, 3.05) is 0 Å². The highest BCUT2D eigenvalue weighted by molar-refractivity contribution is 9.11. The molecule has 0 spiro atoms. The molecule has 2 aromatic rings. The Morgan fingerprint density at radius 3 is 2.16 bits per heavy atom. The molecule has 3 N–H and O–H groups in total. The molecule has 1 atom stereocenters. The number of halogens is 4. The molecule has 0 aromatic heterocycles. The van der Waals surface area contributed by atoms with Crippen LogP contribution in [0.5, 0.6) is 0 Å². The molecule has 100 valence electrons. The summed E-state index contributed by atoms with van der Waals surface area (Å²) in [6.45, 7) is 0. The standard InChI is InChI=1S/C13H10Br3FN2/c14-7-1-3-11(16)9(5-7)13(19-18)10-6-8(15)2-4-12(10)17/h1-6,13,19H,18H2. The first-order valence-electron chi connectivity index (χ1n) is 5.39. The van der Waals surface area contributed by atoms with E-state index in [1.54, 1.807) is 12.1 Å². The van der Waals surface area contributed by atoms with Gasteiger partial charge < -0.3 is 0 Å². The maximum atomic E-state index is 14.0. The summed E-state index contributed by atoms with van der Waals surface area (Å²) in [5.74, 6) is 5.30. The van der Waals surface area contributed by atoms with Gasteiger partial charge in [-0.2, -0.15) is 0 Å². The number of nitrogens with two attached hydrogens (primary N) is 1. The highest BCUT2D eigenvalue weighted by Crippen LogP contribution is 2.32. The van der Waals surface area contributed by atoms with E-state index in [4.69, 9.17) is 5.84 Å². The third kappa shape index (κ3) is 3.44. The van der Waals surface area contributed by atoms with Crippen LogP contribution in [0.3, 0.4) is 0 Å². The van der Waals surface area contributed by atoms with Crippen LogP contribution < -0.4 is 11.3 Å². The Hall–Kier alpha value is -0.270. The Labute approximate surface area is 135 Å². The quantitative estimate of drug-likeness (QED) is 0.525. The molecule has 0 fully saturated rings. The lowest BCUT2D eigenvalue weighted by molar-refractivity contribution is 0.558. The van der Waals surface area contributed by atoms with Crippen molar-refractivity contribution in [3.8, 4) is 0 Å². The normalized spacial score (nSPS) is 12.5. The van der Waals surface area contributed by atoms with Gasteiger partial charge in [-0.05, 0) is 42.0 Å². The molecule has 6 heteroatoms. The van der Waals surface area contributed by atoms with E-state index in [0.29, 0.717) is 5.56 Å². The van der Waals surface area contributed by atoms with Crippen molar-refractivity contribution >= 4 is 47.8 Å². The summed E-state index contributed by atoms with van der Waals surface area (Å²) in [4.78, 5) is 0. The monoisotopic (exact) mass is 450 g/mol. The van der Waals surface area contributed by atoms with E-state index in [-0.39, 0.29) is 5.82 Å². The second-order valence-corrected chi connectivity index (χ2v) is 6.62. The molecular weight excluding hydrogens is 443 g/mol. The minimum atomic E-state index is -0.440. The number of nitrogens with one attached hydrogen (secondary N) is 1. The number of hydrazine groups is 1. The van der Waals surface area contributed by atoms with Crippen LogP contribution in [-0.2, 0) is 0 Å². The zero-order chi connectivity index (χ0) is 14.0. The summed E-state index contributed by atoms with van der Waals surface area (Å²) in [5, 5.41) is 0. The molecule has 0 aliphatic heterocycles. The van der Waals surface area contributed by atoms with Gasteiger partial charge in [-0.25, -0.2) is 9.82 Å². The van der Waals surface area contributed by atoms with Crippen molar-refractivity contribution in [2.45, 2.75) is 6.04 Å². The van der Waals surface area contributed by atoms with Gasteiger partial charge in [-0.15, -0.1) is 0 Å². The zero-order valence-corrected chi connectivity index (χ0v) is 14.4. The fourth-order valence-corrected chi connectivity index (χ4v) is 3.05. The highest BCUT2D eigenvalue weighted by Gasteiger charge is 2.19. The van der Waals surface area contributed by atoms with E-state index in [1.165, 1.54) is 6.07 Å². The molecule has 2 nitrogen and oxygen atoms in total. The number of hydrogen-bond acceptors (Lipinski definition) is 2.